The van der Waals surface area contributed by atoms with Crippen LogP contribution in [0.25, 0.3) is 0 Å². The van der Waals surface area contributed by atoms with Crippen molar-refractivity contribution in [2.45, 2.75) is 57.0 Å². The van der Waals surface area contributed by atoms with Crippen LogP contribution in [0.1, 0.15) is 45.4 Å². The van der Waals surface area contributed by atoms with Gasteiger partial charge in [-0.3, -0.25) is 9.69 Å². The molecule has 5 nitrogen and oxygen atoms in total. The first kappa shape index (κ1) is 16.7. The lowest BCUT2D eigenvalue weighted by atomic mass is 9.84. The summed E-state index contributed by atoms with van der Waals surface area (Å²) in [5.41, 5.74) is 11.1. The fourth-order valence-corrected chi connectivity index (χ4v) is 4.13. The van der Waals surface area contributed by atoms with Crippen molar-refractivity contribution in [2.24, 2.45) is 17.4 Å². The summed E-state index contributed by atoms with van der Waals surface area (Å²) in [6.45, 7) is 6.79. The van der Waals surface area contributed by atoms with Crippen LogP contribution in [0.2, 0.25) is 0 Å². The summed E-state index contributed by atoms with van der Waals surface area (Å²) in [6, 6.07) is 0.625. The highest BCUT2D eigenvalue weighted by molar-refractivity contribution is 5.85. The van der Waals surface area contributed by atoms with Crippen molar-refractivity contribution in [3.63, 3.8) is 0 Å². The van der Waals surface area contributed by atoms with Gasteiger partial charge in [0.05, 0.1) is 5.54 Å². The molecule has 1 aliphatic carbocycles. The van der Waals surface area contributed by atoms with Crippen molar-refractivity contribution >= 4 is 5.91 Å². The highest BCUT2D eigenvalue weighted by atomic mass is 16.1. The molecule has 122 valence electrons. The van der Waals surface area contributed by atoms with Gasteiger partial charge >= 0.3 is 0 Å². The Morgan fingerprint density at radius 2 is 2.10 bits per heavy atom. The number of hydrogen-bond acceptors (Lipinski definition) is 4. The number of nitrogens with zero attached hydrogens (tertiary/aromatic N) is 2. The zero-order chi connectivity index (χ0) is 15.5. The highest BCUT2D eigenvalue weighted by Gasteiger charge is 2.44. The second-order valence-corrected chi connectivity index (χ2v) is 7.00. The second-order valence-electron chi connectivity index (χ2n) is 7.00. The maximum atomic E-state index is 11.7. The molecule has 2 fully saturated rings. The first-order valence-electron chi connectivity index (χ1n) is 8.48. The molecule has 2 rings (SSSR count). The molecule has 1 amide bonds. The third kappa shape index (κ3) is 3.76. The molecular formula is C16H32N4O. The summed E-state index contributed by atoms with van der Waals surface area (Å²) < 4.78 is 0. The number of carbonyl (C=O) groups is 1. The Morgan fingerprint density at radius 3 is 2.76 bits per heavy atom. The van der Waals surface area contributed by atoms with E-state index in [1.54, 1.807) is 0 Å². The molecule has 3 atom stereocenters. The molecule has 0 aromatic rings. The van der Waals surface area contributed by atoms with Gasteiger partial charge in [-0.05, 0) is 64.7 Å². The van der Waals surface area contributed by atoms with E-state index in [-0.39, 0.29) is 11.8 Å². The van der Waals surface area contributed by atoms with Gasteiger partial charge in [-0.25, -0.2) is 0 Å². The molecule has 0 spiro atoms. The lowest BCUT2D eigenvalue weighted by molar-refractivity contribution is -0.124. The molecular weight excluding hydrogens is 264 g/mol. The summed E-state index contributed by atoms with van der Waals surface area (Å²) in [5, 5.41) is 0. The van der Waals surface area contributed by atoms with E-state index in [4.69, 9.17) is 11.5 Å². The maximum Gasteiger partial charge on any atom is 0.237 e. The molecule has 1 aliphatic heterocycles. The standard InChI is InChI=1S/C16H32N4O/c1-3-14-12-19(2)9-5-10-20(14)11-7-13-6-4-8-16(13,18)15(17)21/h13-14H,3-12,18H2,1-2H3,(H2,17,21). The van der Waals surface area contributed by atoms with Crippen LogP contribution >= 0.6 is 0 Å². The monoisotopic (exact) mass is 296 g/mol. The molecule has 5 heteroatoms. The normalized spacial score (nSPS) is 35.8. The van der Waals surface area contributed by atoms with Gasteiger partial charge in [0.2, 0.25) is 5.91 Å². The van der Waals surface area contributed by atoms with Crippen molar-refractivity contribution in [1.82, 2.24) is 9.80 Å². The minimum Gasteiger partial charge on any atom is -0.368 e. The lowest BCUT2D eigenvalue weighted by Crippen LogP contribution is -2.55. The molecule has 4 N–H and O–H groups in total. The number of carbonyl (C=O) groups excluding carboxylic acids is 1. The fraction of sp³-hybridized carbons (Fsp3) is 0.938. The summed E-state index contributed by atoms with van der Waals surface area (Å²) in [6.07, 6.45) is 6.24. The Labute approximate surface area is 129 Å². The smallest absolute Gasteiger partial charge is 0.237 e. The zero-order valence-electron chi connectivity index (χ0n) is 13.7. The van der Waals surface area contributed by atoms with Crippen LogP contribution in [0.4, 0.5) is 0 Å². The van der Waals surface area contributed by atoms with Crippen LogP contribution in [0.3, 0.4) is 0 Å². The highest BCUT2D eigenvalue weighted by Crippen LogP contribution is 2.36. The number of amides is 1. The van der Waals surface area contributed by atoms with Crippen LogP contribution in [-0.2, 0) is 4.79 Å². The van der Waals surface area contributed by atoms with Gasteiger partial charge in [0, 0.05) is 12.6 Å². The van der Waals surface area contributed by atoms with Gasteiger partial charge in [0.15, 0.2) is 0 Å². The topological polar surface area (TPSA) is 75.6 Å². The average Bonchev–Trinajstić information content (AvgIpc) is 2.72. The summed E-state index contributed by atoms with van der Waals surface area (Å²) in [5.74, 6) is -0.0545. The first-order chi connectivity index (χ1) is 9.97. The Kier molecular flexibility index (Phi) is 5.63. The second kappa shape index (κ2) is 7.07. The van der Waals surface area contributed by atoms with E-state index in [1.807, 2.05) is 0 Å². The number of likely N-dealkylation sites (N-methyl/N-ethyl adjacent to an activating group) is 1. The minimum absolute atomic E-state index is 0.258. The lowest BCUT2D eigenvalue weighted by Gasteiger charge is -2.33. The SMILES string of the molecule is CCC1CN(C)CCCN1CCC1CCCC1(N)C(N)=O. The van der Waals surface area contributed by atoms with E-state index in [0.29, 0.717) is 6.04 Å². The molecule has 1 saturated carbocycles. The third-order valence-corrected chi connectivity index (χ3v) is 5.59. The molecule has 0 bridgehead atoms. The molecule has 3 unspecified atom stereocenters. The van der Waals surface area contributed by atoms with E-state index in [2.05, 4.69) is 23.8 Å². The summed E-state index contributed by atoms with van der Waals surface area (Å²) >= 11 is 0. The van der Waals surface area contributed by atoms with Crippen molar-refractivity contribution in [2.75, 3.05) is 33.2 Å². The molecule has 2 aliphatic rings. The minimum atomic E-state index is -0.760. The van der Waals surface area contributed by atoms with Gasteiger partial charge in [-0.1, -0.05) is 13.3 Å². The van der Waals surface area contributed by atoms with Gasteiger partial charge in [-0.15, -0.1) is 0 Å². The molecule has 0 aromatic heterocycles. The van der Waals surface area contributed by atoms with Crippen molar-refractivity contribution < 1.29 is 4.79 Å². The van der Waals surface area contributed by atoms with Crippen LogP contribution in [0, 0.1) is 5.92 Å². The Morgan fingerprint density at radius 1 is 1.33 bits per heavy atom. The summed E-state index contributed by atoms with van der Waals surface area (Å²) in [7, 11) is 2.21. The molecule has 0 aromatic carbocycles. The molecule has 21 heavy (non-hydrogen) atoms. The van der Waals surface area contributed by atoms with Crippen molar-refractivity contribution in [1.29, 1.82) is 0 Å². The molecule has 1 heterocycles. The number of hydrogen-bond donors (Lipinski definition) is 2. The Balaban J connectivity index is 1.93. The number of rotatable bonds is 5. The van der Waals surface area contributed by atoms with E-state index < -0.39 is 5.54 Å². The van der Waals surface area contributed by atoms with E-state index in [1.165, 1.54) is 19.4 Å². The first-order valence-corrected chi connectivity index (χ1v) is 8.48. The Bertz CT molecular complexity index is 362. The van der Waals surface area contributed by atoms with Crippen molar-refractivity contribution in [3.05, 3.63) is 0 Å². The largest absolute Gasteiger partial charge is 0.368 e. The quantitative estimate of drug-likeness (QED) is 0.786. The van der Waals surface area contributed by atoms with Crippen LogP contribution in [-0.4, -0.2) is 60.5 Å². The maximum absolute atomic E-state index is 11.7. The number of nitrogens with two attached hydrogens (primary N) is 2. The van der Waals surface area contributed by atoms with Crippen LogP contribution in [0.15, 0.2) is 0 Å². The molecule has 1 saturated heterocycles. The van der Waals surface area contributed by atoms with Gasteiger partial charge in [-0.2, -0.15) is 0 Å². The summed E-state index contributed by atoms with van der Waals surface area (Å²) in [4.78, 5) is 16.7. The van der Waals surface area contributed by atoms with E-state index in [9.17, 15) is 4.79 Å². The number of primary amides is 1. The average molecular weight is 296 g/mol. The Hall–Kier alpha value is -0.650. The van der Waals surface area contributed by atoms with Crippen LogP contribution < -0.4 is 11.5 Å². The van der Waals surface area contributed by atoms with E-state index in [0.717, 1.165) is 45.3 Å². The fourth-order valence-electron chi connectivity index (χ4n) is 4.13. The third-order valence-electron chi connectivity index (χ3n) is 5.59. The van der Waals surface area contributed by atoms with Gasteiger partial charge in [0.1, 0.15) is 0 Å². The van der Waals surface area contributed by atoms with Crippen molar-refractivity contribution in [3.8, 4) is 0 Å². The zero-order valence-corrected chi connectivity index (χ0v) is 13.7. The van der Waals surface area contributed by atoms with Crippen LogP contribution in [0.5, 0.6) is 0 Å². The van der Waals surface area contributed by atoms with Gasteiger partial charge < -0.3 is 16.4 Å². The van der Waals surface area contributed by atoms with E-state index >= 15 is 0 Å². The van der Waals surface area contributed by atoms with Gasteiger partial charge in [0.25, 0.3) is 0 Å². The predicted molar refractivity (Wildman–Crippen MR) is 85.8 cm³/mol. The predicted octanol–water partition coefficient (Wildman–Crippen LogP) is 0.776. The molecule has 0 radical (unpaired) electrons.